The van der Waals surface area contributed by atoms with Crippen molar-refractivity contribution >= 4 is 21.9 Å². The number of phenols is 2. The number of hydrogen-bond acceptors (Lipinski definition) is 3. The third-order valence-electron chi connectivity index (χ3n) is 2.76. The van der Waals surface area contributed by atoms with E-state index in [0.717, 1.165) is 18.4 Å². The summed E-state index contributed by atoms with van der Waals surface area (Å²) in [5.41, 5.74) is 1.00. The van der Waals surface area contributed by atoms with Gasteiger partial charge in [-0.1, -0.05) is 13.3 Å². The number of aromatic carboxylic acids is 1. The van der Waals surface area contributed by atoms with E-state index in [2.05, 4.69) is 15.9 Å². The largest absolute Gasteiger partial charge is 0.504 e. The Bertz CT molecular complexity index is 455. The van der Waals surface area contributed by atoms with Gasteiger partial charge in [-0.2, -0.15) is 0 Å². The molecule has 0 aliphatic heterocycles. The van der Waals surface area contributed by atoms with E-state index in [1.165, 1.54) is 0 Å². The van der Waals surface area contributed by atoms with Crippen molar-refractivity contribution in [3.8, 4) is 11.5 Å². The Morgan fingerprint density at radius 1 is 1.29 bits per heavy atom. The van der Waals surface area contributed by atoms with Crippen LogP contribution in [-0.2, 0) is 6.42 Å². The monoisotopic (exact) mass is 302 g/mol. The molecule has 0 aliphatic rings. The molecule has 4 nitrogen and oxygen atoms in total. The van der Waals surface area contributed by atoms with Crippen LogP contribution in [0.25, 0.3) is 0 Å². The minimum Gasteiger partial charge on any atom is -0.504 e. The molecule has 0 atom stereocenters. The van der Waals surface area contributed by atoms with E-state index < -0.39 is 17.5 Å². The van der Waals surface area contributed by atoms with Gasteiger partial charge in [-0.05, 0) is 46.8 Å². The molecule has 0 aromatic heterocycles. The molecule has 1 aromatic carbocycles. The van der Waals surface area contributed by atoms with E-state index in [4.69, 9.17) is 5.11 Å². The highest BCUT2D eigenvalue weighted by molar-refractivity contribution is 9.10. The maximum Gasteiger partial charge on any atom is 0.339 e. The molecule has 0 saturated carbocycles. The van der Waals surface area contributed by atoms with Gasteiger partial charge < -0.3 is 15.3 Å². The molecule has 1 aromatic rings. The van der Waals surface area contributed by atoms with Gasteiger partial charge in [-0.25, -0.2) is 4.79 Å². The van der Waals surface area contributed by atoms with E-state index in [0.29, 0.717) is 16.5 Å². The highest BCUT2D eigenvalue weighted by atomic mass is 79.9. The molecule has 94 valence electrons. The zero-order valence-corrected chi connectivity index (χ0v) is 11.3. The highest BCUT2D eigenvalue weighted by Crippen LogP contribution is 2.42. The molecule has 5 heteroatoms. The first-order chi connectivity index (χ1) is 7.91. The first-order valence-corrected chi connectivity index (χ1v) is 6.17. The van der Waals surface area contributed by atoms with E-state index in [1.54, 1.807) is 6.92 Å². The molecule has 17 heavy (non-hydrogen) atoms. The lowest BCUT2D eigenvalue weighted by Gasteiger charge is -2.14. The Morgan fingerprint density at radius 3 is 2.35 bits per heavy atom. The summed E-state index contributed by atoms with van der Waals surface area (Å²) >= 11 is 3.19. The van der Waals surface area contributed by atoms with Gasteiger partial charge in [0.15, 0.2) is 11.5 Å². The Hall–Kier alpha value is -1.23. The van der Waals surface area contributed by atoms with Crippen molar-refractivity contribution in [1.29, 1.82) is 0 Å². The summed E-state index contributed by atoms with van der Waals surface area (Å²) in [6, 6.07) is 0. The first kappa shape index (κ1) is 13.8. The minimum atomic E-state index is -1.24. The molecular weight excluding hydrogens is 288 g/mol. The lowest BCUT2D eigenvalue weighted by molar-refractivity contribution is 0.0692. The molecule has 1 rings (SSSR count). The van der Waals surface area contributed by atoms with Gasteiger partial charge in [0.05, 0.1) is 4.47 Å². The van der Waals surface area contributed by atoms with Crippen molar-refractivity contribution < 1.29 is 20.1 Å². The van der Waals surface area contributed by atoms with E-state index >= 15 is 0 Å². The van der Waals surface area contributed by atoms with E-state index in [9.17, 15) is 15.0 Å². The van der Waals surface area contributed by atoms with Crippen LogP contribution in [0.3, 0.4) is 0 Å². The number of rotatable bonds is 4. The zero-order chi connectivity index (χ0) is 13.2. The molecule has 3 N–H and O–H groups in total. The summed E-state index contributed by atoms with van der Waals surface area (Å²) in [6.45, 7) is 3.67. The smallest absolute Gasteiger partial charge is 0.339 e. The second kappa shape index (κ2) is 5.40. The molecule has 0 bridgehead atoms. The number of aromatic hydroxyl groups is 2. The molecule has 0 fully saturated rings. The van der Waals surface area contributed by atoms with Crippen LogP contribution in [0.1, 0.15) is 41.3 Å². The number of hydrogen-bond donors (Lipinski definition) is 3. The minimum absolute atomic E-state index is 0.225. The van der Waals surface area contributed by atoms with Crippen LogP contribution < -0.4 is 0 Å². The van der Waals surface area contributed by atoms with Crippen molar-refractivity contribution in [1.82, 2.24) is 0 Å². The molecule has 0 heterocycles. The number of carboxylic acids is 1. The average Bonchev–Trinajstić information content (AvgIpc) is 2.26. The molecule has 0 saturated heterocycles. The van der Waals surface area contributed by atoms with Gasteiger partial charge in [0, 0.05) is 0 Å². The predicted molar refractivity (Wildman–Crippen MR) is 67.8 cm³/mol. The number of unbranched alkanes of at least 4 members (excludes halogenated alkanes) is 1. The SMILES string of the molecule is CCCCc1c(C)c(C(=O)O)c(O)c(O)c1Br. The fraction of sp³-hybridized carbons (Fsp3) is 0.417. The molecular formula is C12H15BrO4. The van der Waals surface area contributed by atoms with Crippen molar-refractivity contribution in [2.45, 2.75) is 33.1 Å². The predicted octanol–water partition coefficient (Wildman–Crippen LogP) is 3.21. The second-order valence-corrected chi connectivity index (χ2v) is 4.69. The third kappa shape index (κ3) is 2.54. The van der Waals surface area contributed by atoms with Crippen molar-refractivity contribution in [2.75, 3.05) is 0 Å². The van der Waals surface area contributed by atoms with Crippen molar-refractivity contribution in [3.63, 3.8) is 0 Å². The number of carboxylic acid groups (broad SMARTS) is 1. The Balaban J connectivity index is 3.44. The van der Waals surface area contributed by atoms with Crippen molar-refractivity contribution in [3.05, 3.63) is 21.2 Å². The van der Waals surface area contributed by atoms with E-state index in [1.807, 2.05) is 6.92 Å². The molecule has 0 unspecified atom stereocenters. The van der Waals surface area contributed by atoms with Crippen LogP contribution in [-0.4, -0.2) is 21.3 Å². The summed E-state index contributed by atoms with van der Waals surface area (Å²) in [5.74, 6) is -2.22. The summed E-state index contributed by atoms with van der Waals surface area (Å²) in [4.78, 5) is 11.0. The highest BCUT2D eigenvalue weighted by Gasteiger charge is 2.23. The van der Waals surface area contributed by atoms with E-state index in [-0.39, 0.29) is 5.56 Å². The summed E-state index contributed by atoms with van der Waals surface area (Å²) in [6.07, 6.45) is 2.52. The number of carbonyl (C=O) groups is 1. The fourth-order valence-corrected chi connectivity index (χ4v) is 2.45. The van der Waals surface area contributed by atoms with Gasteiger partial charge in [-0.3, -0.25) is 0 Å². The summed E-state index contributed by atoms with van der Waals surface area (Å²) in [5, 5.41) is 28.3. The third-order valence-corrected chi connectivity index (χ3v) is 3.61. The van der Waals surface area contributed by atoms with Crippen LogP contribution in [0, 0.1) is 6.92 Å². The molecule has 0 spiro atoms. The van der Waals surface area contributed by atoms with Crippen LogP contribution >= 0.6 is 15.9 Å². The maximum atomic E-state index is 11.0. The lowest BCUT2D eigenvalue weighted by Crippen LogP contribution is -2.05. The van der Waals surface area contributed by atoms with Crippen LogP contribution in [0.4, 0.5) is 0 Å². The fourth-order valence-electron chi connectivity index (χ4n) is 1.77. The molecule has 0 amide bonds. The maximum absolute atomic E-state index is 11.0. The summed E-state index contributed by atoms with van der Waals surface area (Å²) < 4.78 is 0.381. The second-order valence-electron chi connectivity index (χ2n) is 3.90. The van der Waals surface area contributed by atoms with Crippen molar-refractivity contribution in [2.24, 2.45) is 0 Å². The van der Waals surface area contributed by atoms with Crippen LogP contribution in [0.2, 0.25) is 0 Å². The Labute approximate surface area is 108 Å². The summed E-state index contributed by atoms with van der Waals surface area (Å²) in [7, 11) is 0. The topological polar surface area (TPSA) is 77.8 Å². The standard InChI is InChI=1S/C12H15BrO4/c1-3-4-5-7-6(2)8(12(16)17)10(14)11(15)9(7)13/h14-15H,3-5H2,1-2H3,(H,16,17). The van der Waals surface area contributed by atoms with Gasteiger partial charge in [-0.15, -0.1) is 0 Å². The first-order valence-electron chi connectivity index (χ1n) is 5.37. The zero-order valence-electron chi connectivity index (χ0n) is 9.75. The number of halogens is 1. The van der Waals surface area contributed by atoms with Gasteiger partial charge in [0.1, 0.15) is 5.56 Å². The normalized spacial score (nSPS) is 10.5. The van der Waals surface area contributed by atoms with Gasteiger partial charge in [0.2, 0.25) is 0 Å². The van der Waals surface area contributed by atoms with Gasteiger partial charge >= 0.3 is 5.97 Å². The quantitative estimate of drug-likeness (QED) is 0.746. The Morgan fingerprint density at radius 2 is 1.88 bits per heavy atom. The number of benzene rings is 1. The number of phenolic OH excluding ortho intramolecular Hbond substituents is 1. The van der Waals surface area contributed by atoms with Crippen LogP contribution in [0.15, 0.2) is 4.47 Å². The average molecular weight is 303 g/mol. The molecule has 0 radical (unpaired) electrons. The lowest BCUT2D eigenvalue weighted by atomic mass is 9.96. The molecule has 0 aliphatic carbocycles. The van der Waals surface area contributed by atoms with Gasteiger partial charge in [0.25, 0.3) is 0 Å². The Kier molecular flexibility index (Phi) is 4.40. The van der Waals surface area contributed by atoms with Crippen LogP contribution in [0.5, 0.6) is 11.5 Å².